The molecule has 0 atom stereocenters. The molecule has 1 N–H and O–H groups in total. The number of benzene rings is 2. The second-order valence-corrected chi connectivity index (χ2v) is 9.39. The highest BCUT2D eigenvalue weighted by Crippen LogP contribution is 2.20. The van der Waals surface area contributed by atoms with Crippen LogP contribution in [-0.2, 0) is 14.8 Å². The molecule has 2 aromatic carbocycles. The first-order valence-corrected chi connectivity index (χ1v) is 12.5. The van der Waals surface area contributed by atoms with E-state index >= 15 is 0 Å². The van der Waals surface area contributed by atoms with Gasteiger partial charge in [-0.3, -0.25) is 4.79 Å². The van der Waals surface area contributed by atoms with Crippen LogP contribution in [0, 0.1) is 0 Å². The van der Waals surface area contributed by atoms with Gasteiger partial charge in [0.1, 0.15) is 5.75 Å². The Morgan fingerprint density at radius 1 is 0.903 bits per heavy atom. The maximum absolute atomic E-state index is 13.0. The maximum atomic E-state index is 13.0. The number of hydrogen-bond donors (Lipinski definition) is 1. The van der Waals surface area contributed by atoms with Gasteiger partial charge in [0.15, 0.2) is 0 Å². The van der Waals surface area contributed by atoms with Crippen molar-refractivity contribution in [3.8, 4) is 5.75 Å². The molecule has 0 radical (unpaired) electrons. The van der Waals surface area contributed by atoms with Gasteiger partial charge in [-0.25, -0.2) is 8.42 Å². The van der Waals surface area contributed by atoms with E-state index in [2.05, 4.69) is 19.2 Å². The zero-order chi connectivity index (χ0) is 22.5. The first kappa shape index (κ1) is 24.9. The predicted octanol–water partition coefficient (Wildman–Crippen LogP) is 5.08. The summed E-state index contributed by atoms with van der Waals surface area (Å²) in [7, 11) is -3.53. The molecule has 0 saturated heterocycles. The Bertz CT molecular complexity index is 876. The van der Waals surface area contributed by atoms with Crippen LogP contribution in [0.25, 0.3) is 0 Å². The third kappa shape index (κ3) is 8.34. The van der Waals surface area contributed by atoms with Gasteiger partial charge in [-0.2, -0.15) is 4.31 Å². The third-order valence-corrected chi connectivity index (χ3v) is 6.77. The number of sulfonamides is 1. The van der Waals surface area contributed by atoms with E-state index < -0.39 is 10.0 Å². The van der Waals surface area contributed by atoms with Gasteiger partial charge < -0.3 is 10.1 Å². The number of carbonyl (C=O) groups excluding carboxylic acids is 1. The number of anilines is 1. The fraction of sp³-hybridized carbons (Fsp3) is 0.458. The summed E-state index contributed by atoms with van der Waals surface area (Å²) in [6.45, 7) is 5.62. The van der Waals surface area contributed by atoms with Gasteiger partial charge in [0.2, 0.25) is 15.9 Å². The molecular weight excluding hydrogens is 412 g/mol. The van der Waals surface area contributed by atoms with Crippen LogP contribution in [0.2, 0.25) is 0 Å². The number of carbonyl (C=O) groups is 1. The molecule has 2 rings (SSSR count). The lowest BCUT2D eigenvalue weighted by Gasteiger charge is -2.22. The summed E-state index contributed by atoms with van der Waals surface area (Å²) < 4.78 is 33.1. The Morgan fingerprint density at radius 2 is 1.52 bits per heavy atom. The molecule has 31 heavy (non-hydrogen) atoms. The van der Waals surface area contributed by atoms with Gasteiger partial charge in [-0.1, -0.05) is 44.9 Å². The van der Waals surface area contributed by atoms with Crippen LogP contribution in [0.4, 0.5) is 5.69 Å². The highest BCUT2D eigenvalue weighted by molar-refractivity contribution is 7.89. The van der Waals surface area contributed by atoms with E-state index in [0.717, 1.165) is 31.4 Å². The molecule has 0 bridgehead atoms. The Hall–Kier alpha value is -2.38. The van der Waals surface area contributed by atoms with Crippen molar-refractivity contribution >= 4 is 21.6 Å². The number of para-hydroxylation sites is 1. The van der Waals surface area contributed by atoms with Crippen molar-refractivity contribution in [3.05, 3.63) is 54.6 Å². The quantitative estimate of drug-likeness (QED) is 0.411. The van der Waals surface area contributed by atoms with Crippen LogP contribution in [0.15, 0.2) is 59.5 Å². The van der Waals surface area contributed by atoms with Gasteiger partial charge in [0, 0.05) is 25.2 Å². The molecule has 2 aromatic rings. The summed E-state index contributed by atoms with van der Waals surface area (Å²) in [6.07, 6.45) is 4.49. The molecule has 0 heterocycles. The largest absolute Gasteiger partial charge is 0.494 e. The standard InChI is InChI=1S/C24H34N2O4S/c1-3-5-18-26(19-6-4-2)31(28,29)23-16-14-21(15-17-23)25-24(27)13-10-20-30-22-11-8-7-9-12-22/h7-9,11-12,14-17H,3-6,10,13,18-20H2,1-2H3,(H,25,27). The number of rotatable bonds is 14. The van der Waals surface area contributed by atoms with E-state index in [9.17, 15) is 13.2 Å². The molecule has 0 aliphatic heterocycles. The number of nitrogens with one attached hydrogen (secondary N) is 1. The zero-order valence-electron chi connectivity index (χ0n) is 18.5. The maximum Gasteiger partial charge on any atom is 0.243 e. The summed E-state index contributed by atoms with van der Waals surface area (Å²) in [5.74, 6) is 0.659. The summed E-state index contributed by atoms with van der Waals surface area (Å²) in [6, 6.07) is 15.9. The lowest BCUT2D eigenvalue weighted by atomic mass is 10.2. The Labute approximate surface area is 186 Å². The average Bonchev–Trinajstić information content (AvgIpc) is 2.78. The highest BCUT2D eigenvalue weighted by Gasteiger charge is 2.23. The smallest absolute Gasteiger partial charge is 0.243 e. The lowest BCUT2D eigenvalue weighted by Crippen LogP contribution is -2.33. The fourth-order valence-corrected chi connectivity index (χ4v) is 4.56. The first-order valence-electron chi connectivity index (χ1n) is 11.0. The molecule has 0 saturated carbocycles. The summed E-state index contributed by atoms with van der Waals surface area (Å²) in [5, 5.41) is 2.81. The number of amides is 1. The van der Waals surface area contributed by atoms with Crippen LogP contribution in [-0.4, -0.2) is 38.3 Å². The van der Waals surface area contributed by atoms with Crippen LogP contribution in [0.3, 0.4) is 0 Å². The molecule has 170 valence electrons. The minimum Gasteiger partial charge on any atom is -0.494 e. The second kappa shape index (κ2) is 13.1. The van der Waals surface area contributed by atoms with Crippen LogP contribution in [0.1, 0.15) is 52.4 Å². The summed E-state index contributed by atoms with van der Waals surface area (Å²) >= 11 is 0. The number of ether oxygens (including phenoxy) is 1. The van der Waals surface area contributed by atoms with Crippen molar-refractivity contribution in [1.82, 2.24) is 4.31 Å². The van der Waals surface area contributed by atoms with E-state index in [1.54, 1.807) is 28.6 Å². The first-order chi connectivity index (χ1) is 15.0. The summed E-state index contributed by atoms with van der Waals surface area (Å²) in [4.78, 5) is 12.4. The monoisotopic (exact) mass is 446 g/mol. The number of nitrogens with zero attached hydrogens (tertiary/aromatic N) is 1. The van der Waals surface area contributed by atoms with Crippen molar-refractivity contribution in [2.75, 3.05) is 25.0 Å². The predicted molar refractivity (Wildman–Crippen MR) is 125 cm³/mol. The molecule has 6 nitrogen and oxygen atoms in total. The molecule has 0 spiro atoms. The molecule has 0 aliphatic carbocycles. The van der Waals surface area contributed by atoms with Crippen molar-refractivity contribution in [2.24, 2.45) is 0 Å². The molecular formula is C24H34N2O4S. The number of unbranched alkanes of at least 4 members (excludes halogenated alkanes) is 2. The molecule has 0 aliphatic rings. The normalized spacial score (nSPS) is 11.5. The SMILES string of the molecule is CCCCN(CCCC)S(=O)(=O)c1ccc(NC(=O)CCCOc2ccccc2)cc1. The van der Waals surface area contributed by atoms with Crippen molar-refractivity contribution < 1.29 is 17.9 Å². The van der Waals surface area contributed by atoms with Gasteiger partial charge >= 0.3 is 0 Å². The van der Waals surface area contributed by atoms with Crippen molar-refractivity contribution in [1.29, 1.82) is 0 Å². The third-order valence-electron chi connectivity index (χ3n) is 4.86. The molecule has 7 heteroatoms. The van der Waals surface area contributed by atoms with E-state index in [-0.39, 0.29) is 10.8 Å². The van der Waals surface area contributed by atoms with E-state index in [0.29, 0.717) is 38.2 Å². The number of hydrogen-bond acceptors (Lipinski definition) is 4. The Balaban J connectivity index is 1.87. The van der Waals surface area contributed by atoms with Gasteiger partial charge in [0.05, 0.1) is 11.5 Å². The van der Waals surface area contributed by atoms with E-state index in [1.165, 1.54) is 0 Å². The second-order valence-electron chi connectivity index (χ2n) is 7.45. The molecule has 1 amide bonds. The van der Waals surface area contributed by atoms with Crippen LogP contribution >= 0.6 is 0 Å². The lowest BCUT2D eigenvalue weighted by molar-refractivity contribution is -0.116. The fourth-order valence-electron chi connectivity index (χ4n) is 3.04. The van der Waals surface area contributed by atoms with E-state index in [4.69, 9.17) is 4.74 Å². The Morgan fingerprint density at radius 3 is 2.10 bits per heavy atom. The Kier molecular flexibility index (Phi) is 10.5. The van der Waals surface area contributed by atoms with Crippen molar-refractivity contribution in [2.45, 2.75) is 57.3 Å². The van der Waals surface area contributed by atoms with Crippen LogP contribution in [0.5, 0.6) is 5.75 Å². The molecule has 0 unspecified atom stereocenters. The zero-order valence-corrected chi connectivity index (χ0v) is 19.4. The van der Waals surface area contributed by atoms with Crippen molar-refractivity contribution in [3.63, 3.8) is 0 Å². The average molecular weight is 447 g/mol. The van der Waals surface area contributed by atoms with Crippen LogP contribution < -0.4 is 10.1 Å². The summed E-state index contributed by atoms with van der Waals surface area (Å²) in [5.41, 5.74) is 0.585. The topological polar surface area (TPSA) is 75.7 Å². The molecule has 0 aromatic heterocycles. The molecule has 0 fully saturated rings. The minimum atomic E-state index is -3.53. The van der Waals surface area contributed by atoms with Gasteiger partial charge in [0.25, 0.3) is 0 Å². The van der Waals surface area contributed by atoms with Gasteiger partial charge in [-0.05, 0) is 55.7 Å². The minimum absolute atomic E-state index is 0.125. The van der Waals surface area contributed by atoms with Gasteiger partial charge in [-0.15, -0.1) is 0 Å². The highest BCUT2D eigenvalue weighted by atomic mass is 32.2. The van der Waals surface area contributed by atoms with E-state index in [1.807, 2.05) is 30.3 Å².